The quantitative estimate of drug-likeness (QED) is 0.608. The largest absolute Gasteiger partial charge is 0.497 e. The summed E-state index contributed by atoms with van der Waals surface area (Å²) >= 11 is 1.67. The number of rotatable bonds is 8. The zero-order valence-electron chi connectivity index (χ0n) is 16.4. The molecule has 7 heteroatoms. The summed E-state index contributed by atoms with van der Waals surface area (Å²) < 4.78 is 7.14. The van der Waals surface area contributed by atoms with Crippen molar-refractivity contribution in [1.82, 2.24) is 20.4 Å². The summed E-state index contributed by atoms with van der Waals surface area (Å²) in [5.74, 6) is 0.832. The number of aryl methyl sites for hydroxylation is 2. The average molecular weight is 399 g/mol. The van der Waals surface area contributed by atoms with E-state index in [4.69, 9.17) is 4.74 Å². The van der Waals surface area contributed by atoms with E-state index >= 15 is 0 Å². The van der Waals surface area contributed by atoms with Crippen molar-refractivity contribution in [2.24, 2.45) is 0 Å². The maximum absolute atomic E-state index is 12.3. The highest BCUT2D eigenvalue weighted by atomic mass is 32.1. The molecule has 2 heterocycles. The van der Waals surface area contributed by atoms with Crippen molar-refractivity contribution >= 4 is 17.4 Å². The van der Waals surface area contributed by atoms with Gasteiger partial charge in [-0.25, -0.2) is 4.79 Å². The second-order valence-electron chi connectivity index (χ2n) is 6.64. The zero-order chi connectivity index (χ0) is 19.9. The lowest BCUT2D eigenvalue weighted by atomic mass is 10.1. The number of ether oxygens (including phenoxy) is 1. The number of urea groups is 1. The standard InChI is InChI=1S/C21H26N4O2S/c1-15-13-16(2)25(24-15)19(20-5-4-12-28-20)14-23-21(26)22-11-10-17-6-8-18(27-3)9-7-17/h4-9,12-13,19H,10-11,14H2,1-3H3,(H2,22,23,26). The fraction of sp³-hybridized carbons (Fsp3) is 0.333. The predicted molar refractivity (Wildman–Crippen MR) is 112 cm³/mol. The molecule has 0 aliphatic carbocycles. The first-order valence-corrected chi connectivity index (χ1v) is 10.2. The number of amides is 2. The van der Waals surface area contributed by atoms with Crippen molar-refractivity contribution in [3.05, 3.63) is 69.7 Å². The van der Waals surface area contributed by atoms with Crippen molar-refractivity contribution < 1.29 is 9.53 Å². The summed E-state index contributed by atoms with van der Waals surface area (Å²) in [6.07, 6.45) is 0.767. The van der Waals surface area contributed by atoms with Crippen LogP contribution in [-0.2, 0) is 6.42 Å². The Hall–Kier alpha value is -2.80. The first-order valence-electron chi connectivity index (χ1n) is 9.27. The van der Waals surface area contributed by atoms with E-state index in [2.05, 4.69) is 27.9 Å². The van der Waals surface area contributed by atoms with Gasteiger partial charge in [0.25, 0.3) is 0 Å². The van der Waals surface area contributed by atoms with Crippen LogP contribution in [-0.4, -0.2) is 36.0 Å². The van der Waals surface area contributed by atoms with Crippen molar-refractivity contribution in [3.8, 4) is 5.75 Å². The third-order valence-electron chi connectivity index (χ3n) is 4.53. The van der Waals surface area contributed by atoms with E-state index in [1.165, 1.54) is 4.88 Å². The molecule has 3 aromatic rings. The molecule has 2 N–H and O–H groups in total. The Labute approximate surface area is 169 Å². The van der Waals surface area contributed by atoms with Crippen LogP contribution < -0.4 is 15.4 Å². The Morgan fingerprint density at radius 1 is 1.21 bits per heavy atom. The van der Waals surface area contributed by atoms with Gasteiger partial charge in [-0.15, -0.1) is 11.3 Å². The van der Waals surface area contributed by atoms with Gasteiger partial charge in [0.2, 0.25) is 0 Å². The van der Waals surface area contributed by atoms with Crippen LogP contribution in [0.2, 0.25) is 0 Å². The first-order chi connectivity index (χ1) is 13.6. The third kappa shape index (κ3) is 5.13. The molecule has 6 nitrogen and oxygen atoms in total. The van der Waals surface area contributed by atoms with Gasteiger partial charge in [-0.2, -0.15) is 5.10 Å². The Bertz CT molecular complexity index is 888. The number of carbonyl (C=O) groups is 1. The van der Waals surface area contributed by atoms with E-state index in [9.17, 15) is 4.79 Å². The number of carbonyl (C=O) groups excluding carboxylic acids is 1. The summed E-state index contributed by atoms with van der Waals surface area (Å²) in [6, 6.07) is 13.8. The van der Waals surface area contributed by atoms with E-state index in [0.29, 0.717) is 13.1 Å². The van der Waals surface area contributed by atoms with Crippen molar-refractivity contribution in [2.75, 3.05) is 20.2 Å². The van der Waals surface area contributed by atoms with Crippen LogP contribution in [0.3, 0.4) is 0 Å². The van der Waals surface area contributed by atoms with Gasteiger partial charge < -0.3 is 15.4 Å². The minimum Gasteiger partial charge on any atom is -0.497 e. The van der Waals surface area contributed by atoms with Gasteiger partial charge >= 0.3 is 6.03 Å². The van der Waals surface area contributed by atoms with Crippen LogP contribution in [0, 0.1) is 13.8 Å². The third-order valence-corrected chi connectivity index (χ3v) is 5.50. The molecule has 148 valence electrons. The first kappa shape index (κ1) is 19.9. The highest BCUT2D eigenvalue weighted by Gasteiger charge is 2.19. The minimum absolute atomic E-state index is 0.0129. The summed E-state index contributed by atoms with van der Waals surface area (Å²) in [5, 5.41) is 12.6. The summed E-state index contributed by atoms with van der Waals surface area (Å²) in [7, 11) is 1.65. The SMILES string of the molecule is COc1ccc(CCNC(=O)NCC(c2cccs2)n2nc(C)cc2C)cc1. The highest BCUT2D eigenvalue weighted by Crippen LogP contribution is 2.24. The molecule has 0 saturated heterocycles. The number of nitrogens with zero attached hydrogens (tertiary/aromatic N) is 2. The monoisotopic (exact) mass is 398 g/mol. The van der Waals surface area contributed by atoms with Gasteiger partial charge in [-0.3, -0.25) is 4.68 Å². The number of nitrogens with one attached hydrogen (secondary N) is 2. The molecule has 2 aromatic heterocycles. The van der Waals surface area contributed by atoms with Crippen molar-refractivity contribution in [3.63, 3.8) is 0 Å². The van der Waals surface area contributed by atoms with Crippen molar-refractivity contribution in [2.45, 2.75) is 26.3 Å². The number of hydrogen-bond acceptors (Lipinski definition) is 4. The predicted octanol–water partition coefficient (Wildman–Crippen LogP) is 3.70. The van der Waals surface area contributed by atoms with E-state index in [0.717, 1.165) is 29.1 Å². The summed E-state index contributed by atoms with van der Waals surface area (Å²) in [4.78, 5) is 13.4. The molecule has 3 rings (SSSR count). The number of hydrogen-bond donors (Lipinski definition) is 2. The molecule has 1 unspecified atom stereocenters. The van der Waals surface area contributed by atoms with Crippen LogP contribution >= 0.6 is 11.3 Å². The van der Waals surface area contributed by atoms with E-state index in [-0.39, 0.29) is 12.1 Å². The van der Waals surface area contributed by atoms with Gasteiger partial charge in [0.05, 0.1) is 12.8 Å². The highest BCUT2D eigenvalue weighted by molar-refractivity contribution is 7.10. The molecule has 0 fully saturated rings. The molecule has 0 aliphatic rings. The minimum atomic E-state index is -0.170. The Morgan fingerprint density at radius 3 is 2.61 bits per heavy atom. The van der Waals surface area contributed by atoms with E-state index < -0.39 is 0 Å². The fourth-order valence-corrected chi connectivity index (χ4v) is 3.93. The van der Waals surface area contributed by atoms with Crippen LogP contribution in [0.25, 0.3) is 0 Å². The molecule has 0 spiro atoms. The molecule has 1 aromatic carbocycles. The van der Waals surface area contributed by atoms with Crippen LogP contribution in [0.15, 0.2) is 47.8 Å². The van der Waals surface area contributed by atoms with Crippen molar-refractivity contribution in [1.29, 1.82) is 0 Å². The molecule has 0 aliphatic heterocycles. The number of aromatic nitrogens is 2. The molecule has 0 radical (unpaired) electrons. The van der Waals surface area contributed by atoms with Crippen LogP contribution in [0.4, 0.5) is 4.79 Å². The lowest BCUT2D eigenvalue weighted by Crippen LogP contribution is -2.40. The van der Waals surface area contributed by atoms with Gasteiger partial charge in [0.1, 0.15) is 11.8 Å². The molecule has 0 saturated carbocycles. The second kappa shape index (κ2) is 9.41. The zero-order valence-corrected chi connectivity index (χ0v) is 17.3. The van der Waals surface area contributed by atoms with Crippen LogP contribution in [0.5, 0.6) is 5.75 Å². The van der Waals surface area contributed by atoms with Crippen LogP contribution in [0.1, 0.15) is 27.9 Å². The molecule has 2 amide bonds. The summed E-state index contributed by atoms with van der Waals surface area (Å²) in [6.45, 7) is 5.07. The number of thiophene rings is 1. The molecule has 0 bridgehead atoms. The number of benzene rings is 1. The second-order valence-corrected chi connectivity index (χ2v) is 7.62. The normalized spacial score (nSPS) is 11.8. The molecular formula is C21H26N4O2S. The Kier molecular flexibility index (Phi) is 6.71. The van der Waals surface area contributed by atoms with Gasteiger partial charge in [-0.05, 0) is 55.5 Å². The van der Waals surface area contributed by atoms with E-state index in [1.807, 2.05) is 54.2 Å². The average Bonchev–Trinajstić information content (AvgIpc) is 3.33. The maximum Gasteiger partial charge on any atom is 0.314 e. The fourth-order valence-electron chi connectivity index (χ4n) is 3.11. The topological polar surface area (TPSA) is 68.2 Å². The Morgan fingerprint density at radius 2 is 2.00 bits per heavy atom. The van der Waals surface area contributed by atoms with Gasteiger partial charge in [0.15, 0.2) is 0 Å². The van der Waals surface area contributed by atoms with Gasteiger partial charge in [-0.1, -0.05) is 18.2 Å². The van der Waals surface area contributed by atoms with Gasteiger partial charge in [0, 0.05) is 23.7 Å². The molecular weight excluding hydrogens is 372 g/mol. The van der Waals surface area contributed by atoms with E-state index in [1.54, 1.807) is 18.4 Å². The Balaban J connectivity index is 1.53. The lowest BCUT2D eigenvalue weighted by Gasteiger charge is -2.19. The molecule has 28 heavy (non-hydrogen) atoms. The number of methoxy groups -OCH3 is 1. The molecule has 1 atom stereocenters. The summed E-state index contributed by atoms with van der Waals surface area (Å²) in [5.41, 5.74) is 3.21. The lowest BCUT2D eigenvalue weighted by molar-refractivity contribution is 0.239. The maximum atomic E-state index is 12.3. The smallest absolute Gasteiger partial charge is 0.314 e.